The Balaban J connectivity index is 1.88. The van der Waals surface area contributed by atoms with E-state index >= 15 is 0 Å². The summed E-state index contributed by atoms with van der Waals surface area (Å²) in [4.78, 5) is 54.0. The highest BCUT2D eigenvalue weighted by Crippen LogP contribution is 2.29. The molecule has 3 aliphatic rings. The molecule has 1 atom stereocenters. The van der Waals surface area contributed by atoms with Crippen LogP contribution >= 0.6 is 0 Å². The van der Waals surface area contributed by atoms with Gasteiger partial charge >= 0.3 is 11.4 Å². The van der Waals surface area contributed by atoms with E-state index in [2.05, 4.69) is 9.88 Å². The van der Waals surface area contributed by atoms with Gasteiger partial charge in [-0.05, 0) is 25.9 Å². The van der Waals surface area contributed by atoms with Crippen LogP contribution in [0.4, 0.5) is 0 Å². The van der Waals surface area contributed by atoms with Crippen molar-refractivity contribution in [2.24, 2.45) is 20.0 Å². The number of aromatic nitrogens is 4. The molecule has 9 heteroatoms. The summed E-state index contributed by atoms with van der Waals surface area (Å²) in [7, 11) is 2.88. The molecule has 128 valence electrons. The predicted octanol–water partition coefficient (Wildman–Crippen LogP) is -1.61. The van der Waals surface area contributed by atoms with Crippen LogP contribution in [0.5, 0.6) is 0 Å². The van der Waals surface area contributed by atoms with Gasteiger partial charge in [-0.3, -0.25) is 33.2 Å². The Morgan fingerprint density at radius 2 is 1.71 bits per heavy atom. The van der Waals surface area contributed by atoms with Gasteiger partial charge in [0.1, 0.15) is 5.65 Å². The molecule has 1 unspecified atom stereocenters. The molecule has 0 aromatic carbocycles. The van der Waals surface area contributed by atoms with Crippen molar-refractivity contribution < 1.29 is 4.79 Å². The second-order valence-corrected chi connectivity index (χ2v) is 6.67. The Kier molecular flexibility index (Phi) is 3.17. The Morgan fingerprint density at radius 1 is 1.04 bits per heavy atom. The standard InChI is InChI=1S/C15H19N5O4/c1-17-12-10(13(22)18(2)15(17)24)20(14(23)16-12)7-9-11(21)8-3-5-19(9)6-4-8/h8-9H,3-7H2,1-2H3,(H,16,23). The highest BCUT2D eigenvalue weighted by molar-refractivity contribution is 5.88. The minimum Gasteiger partial charge on any atom is -0.298 e. The molecule has 1 N–H and O–H groups in total. The van der Waals surface area contributed by atoms with Crippen LogP contribution in [0.25, 0.3) is 11.2 Å². The van der Waals surface area contributed by atoms with Crippen LogP contribution in [0, 0.1) is 5.92 Å². The normalized spacial score (nSPS) is 26.4. The van der Waals surface area contributed by atoms with Gasteiger partial charge in [0.25, 0.3) is 5.56 Å². The van der Waals surface area contributed by atoms with Crippen LogP contribution in [0.2, 0.25) is 0 Å². The van der Waals surface area contributed by atoms with E-state index in [1.54, 1.807) is 0 Å². The summed E-state index contributed by atoms with van der Waals surface area (Å²) in [5.41, 5.74) is -1.18. The highest BCUT2D eigenvalue weighted by atomic mass is 16.2. The summed E-state index contributed by atoms with van der Waals surface area (Å²) in [6.07, 6.45) is 1.74. The average Bonchev–Trinajstić information content (AvgIpc) is 2.91. The van der Waals surface area contributed by atoms with Gasteiger partial charge in [0.2, 0.25) is 0 Å². The minimum absolute atomic E-state index is 0.0631. The number of imidazole rings is 1. The summed E-state index contributed by atoms with van der Waals surface area (Å²) in [6.45, 7) is 1.82. The average molecular weight is 333 g/mol. The van der Waals surface area contributed by atoms with E-state index in [4.69, 9.17) is 0 Å². The molecule has 0 aliphatic carbocycles. The second kappa shape index (κ2) is 5.04. The summed E-state index contributed by atoms with van der Waals surface area (Å²) in [6, 6.07) is -0.379. The summed E-state index contributed by atoms with van der Waals surface area (Å²) < 4.78 is 3.52. The van der Waals surface area contributed by atoms with E-state index < -0.39 is 16.9 Å². The van der Waals surface area contributed by atoms with Crippen LogP contribution in [-0.2, 0) is 25.4 Å². The van der Waals surface area contributed by atoms with Crippen molar-refractivity contribution in [3.63, 3.8) is 0 Å². The number of hydrogen-bond donors (Lipinski definition) is 1. The lowest BCUT2D eigenvalue weighted by Crippen LogP contribution is -2.57. The van der Waals surface area contributed by atoms with E-state index in [-0.39, 0.29) is 35.5 Å². The van der Waals surface area contributed by atoms with Crippen molar-refractivity contribution in [2.45, 2.75) is 25.4 Å². The van der Waals surface area contributed by atoms with E-state index in [9.17, 15) is 19.2 Å². The molecule has 5 heterocycles. The van der Waals surface area contributed by atoms with Gasteiger partial charge in [0.15, 0.2) is 11.3 Å². The number of H-pyrrole nitrogens is 1. The maximum absolute atomic E-state index is 12.5. The molecule has 3 saturated heterocycles. The first kappa shape index (κ1) is 15.1. The number of aryl methyl sites for hydroxylation is 1. The van der Waals surface area contributed by atoms with Crippen LogP contribution in [0.1, 0.15) is 12.8 Å². The fraction of sp³-hybridized carbons (Fsp3) is 0.600. The monoisotopic (exact) mass is 333 g/mol. The fourth-order valence-electron chi connectivity index (χ4n) is 3.98. The summed E-state index contributed by atoms with van der Waals surface area (Å²) >= 11 is 0. The molecule has 9 nitrogen and oxygen atoms in total. The van der Waals surface area contributed by atoms with Gasteiger partial charge in [-0.2, -0.15) is 0 Å². The summed E-state index contributed by atoms with van der Waals surface area (Å²) in [5, 5.41) is 0. The molecule has 0 radical (unpaired) electrons. The topological polar surface area (TPSA) is 102 Å². The largest absolute Gasteiger partial charge is 0.332 e. The third-order valence-electron chi connectivity index (χ3n) is 5.44. The highest BCUT2D eigenvalue weighted by Gasteiger charge is 2.41. The number of fused-ring (bicyclic) bond motifs is 4. The van der Waals surface area contributed by atoms with Gasteiger partial charge < -0.3 is 0 Å². The van der Waals surface area contributed by atoms with Crippen LogP contribution in [0.15, 0.2) is 14.4 Å². The van der Waals surface area contributed by atoms with Gasteiger partial charge in [0, 0.05) is 20.0 Å². The molecule has 24 heavy (non-hydrogen) atoms. The van der Waals surface area contributed by atoms with Crippen molar-refractivity contribution in [1.82, 2.24) is 23.6 Å². The lowest BCUT2D eigenvalue weighted by Gasteiger charge is -2.44. The molecular formula is C15H19N5O4. The molecule has 3 aliphatic heterocycles. The number of hydrogen-bond acceptors (Lipinski definition) is 5. The smallest absolute Gasteiger partial charge is 0.298 e. The third kappa shape index (κ3) is 1.90. The van der Waals surface area contributed by atoms with Crippen LogP contribution in [0.3, 0.4) is 0 Å². The van der Waals surface area contributed by atoms with Crippen LogP contribution < -0.4 is 16.9 Å². The number of Topliss-reactive ketones (excluding diaryl/α,β-unsaturated/α-hetero) is 1. The number of nitrogens with zero attached hydrogens (tertiary/aromatic N) is 4. The Hall–Kier alpha value is -2.42. The first-order valence-corrected chi connectivity index (χ1v) is 8.06. The number of aromatic amines is 1. The maximum Gasteiger partial charge on any atom is 0.332 e. The number of carbonyl (C=O) groups is 1. The number of ketones is 1. The Bertz CT molecular complexity index is 1020. The molecule has 0 spiro atoms. The quantitative estimate of drug-likeness (QED) is 0.712. The zero-order valence-electron chi connectivity index (χ0n) is 13.6. The van der Waals surface area contributed by atoms with E-state index in [1.165, 1.54) is 23.2 Å². The molecule has 3 fully saturated rings. The molecule has 2 aromatic rings. The predicted molar refractivity (Wildman–Crippen MR) is 86.1 cm³/mol. The van der Waals surface area contributed by atoms with Gasteiger partial charge in [0.05, 0.1) is 12.6 Å². The Labute approximate surface area is 136 Å². The zero-order chi connectivity index (χ0) is 17.2. The first-order chi connectivity index (χ1) is 11.4. The van der Waals surface area contributed by atoms with Crippen molar-refractivity contribution >= 4 is 16.9 Å². The minimum atomic E-state index is -0.533. The van der Waals surface area contributed by atoms with E-state index in [0.717, 1.165) is 30.5 Å². The molecular weight excluding hydrogens is 314 g/mol. The first-order valence-electron chi connectivity index (χ1n) is 8.06. The molecule has 5 rings (SSSR count). The van der Waals surface area contributed by atoms with Crippen molar-refractivity contribution in [3.8, 4) is 0 Å². The van der Waals surface area contributed by atoms with Crippen molar-refractivity contribution in [2.75, 3.05) is 13.1 Å². The SMILES string of the molecule is Cn1c(=O)c2c([nH]c(=O)n2CC2C(=O)C3CCN2CC3)n(C)c1=O. The molecule has 2 bridgehead atoms. The lowest BCUT2D eigenvalue weighted by molar-refractivity contribution is -0.137. The number of carbonyl (C=O) groups excluding carboxylic acids is 1. The third-order valence-corrected chi connectivity index (χ3v) is 5.44. The van der Waals surface area contributed by atoms with E-state index in [0.29, 0.717) is 0 Å². The number of nitrogens with one attached hydrogen (secondary N) is 1. The van der Waals surface area contributed by atoms with Crippen molar-refractivity contribution in [3.05, 3.63) is 31.3 Å². The second-order valence-electron chi connectivity index (χ2n) is 6.67. The van der Waals surface area contributed by atoms with Gasteiger partial charge in [-0.1, -0.05) is 0 Å². The molecule has 2 aromatic heterocycles. The maximum atomic E-state index is 12.5. The van der Waals surface area contributed by atoms with Gasteiger partial charge in [-0.15, -0.1) is 0 Å². The van der Waals surface area contributed by atoms with E-state index in [1.807, 2.05) is 0 Å². The number of piperidine rings is 3. The summed E-state index contributed by atoms with van der Waals surface area (Å²) in [5.74, 6) is 0.212. The fourth-order valence-corrected chi connectivity index (χ4v) is 3.98. The number of rotatable bonds is 2. The molecule has 0 saturated carbocycles. The zero-order valence-corrected chi connectivity index (χ0v) is 13.6. The van der Waals surface area contributed by atoms with Gasteiger partial charge in [-0.25, -0.2) is 9.59 Å². The molecule has 0 amide bonds. The van der Waals surface area contributed by atoms with Crippen molar-refractivity contribution in [1.29, 1.82) is 0 Å². The lowest BCUT2D eigenvalue weighted by atomic mass is 9.82. The Morgan fingerprint density at radius 3 is 2.33 bits per heavy atom. The van der Waals surface area contributed by atoms with Crippen LogP contribution in [-0.4, -0.2) is 48.5 Å².